The van der Waals surface area contributed by atoms with Crippen LogP contribution in [-0.2, 0) is 4.79 Å². The molecule has 4 aromatic rings. The van der Waals surface area contributed by atoms with Crippen LogP contribution in [0.25, 0.3) is 16.6 Å². The molecule has 0 saturated carbocycles. The van der Waals surface area contributed by atoms with E-state index < -0.39 is 0 Å². The number of halogens is 1. The number of nitrogens with one attached hydrogen (secondary N) is 2. The minimum Gasteiger partial charge on any atom is -0.337 e. The fourth-order valence-electron chi connectivity index (χ4n) is 2.94. The zero-order chi connectivity index (χ0) is 18.3. The quantitative estimate of drug-likeness (QED) is 0.559. The van der Waals surface area contributed by atoms with E-state index in [2.05, 4.69) is 15.6 Å². The van der Waals surface area contributed by atoms with E-state index >= 15 is 0 Å². The lowest BCUT2D eigenvalue weighted by Crippen LogP contribution is -2.06. The summed E-state index contributed by atoms with van der Waals surface area (Å²) < 4.78 is 1.95. The fraction of sp³-hybridized carbons (Fsp3) is 0.105. The molecule has 0 spiro atoms. The van der Waals surface area contributed by atoms with Gasteiger partial charge < -0.3 is 10.6 Å². The molecule has 4 rings (SSSR count). The zero-order valence-corrected chi connectivity index (χ0v) is 15.0. The molecular weight excluding hydrogens is 350 g/mol. The Labute approximate surface area is 154 Å². The van der Waals surface area contributed by atoms with Gasteiger partial charge in [0.2, 0.25) is 5.91 Å². The highest BCUT2D eigenvalue weighted by molar-refractivity contribution is 6.33. The van der Waals surface area contributed by atoms with Crippen LogP contribution in [0.15, 0.2) is 48.9 Å². The number of anilines is 3. The van der Waals surface area contributed by atoms with Crippen molar-refractivity contribution >= 4 is 51.3 Å². The Morgan fingerprint density at radius 1 is 1.19 bits per heavy atom. The molecule has 0 bridgehead atoms. The summed E-state index contributed by atoms with van der Waals surface area (Å²) in [5, 5.41) is 6.73. The minimum absolute atomic E-state index is 0.127. The summed E-state index contributed by atoms with van der Waals surface area (Å²) in [4.78, 5) is 20.3. The fourth-order valence-corrected chi connectivity index (χ4v) is 3.21. The standard InChI is InChI=1S/C19H16ClN5O/c1-11-4-3-5-14(20)18(11)24-19-17-9-21-10-25(17)16-7-6-13(22-12(2)26)8-15(16)23-19/h3-10H,1-2H3,(H,22,26)(H,23,24). The van der Waals surface area contributed by atoms with E-state index in [0.29, 0.717) is 16.5 Å². The van der Waals surface area contributed by atoms with E-state index in [4.69, 9.17) is 16.6 Å². The van der Waals surface area contributed by atoms with E-state index in [-0.39, 0.29) is 5.91 Å². The van der Waals surface area contributed by atoms with Crippen LogP contribution in [-0.4, -0.2) is 20.3 Å². The first-order valence-corrected chi connectivity index (χ1v) is 8.46. The zero-order valence-electron chi connectivity index (χ0n) is 14.2. The molecule has 7 heteroatoms. The second kappa shape index (κ2) is 6.31. The molecule has 130 valence electrons. The molecule has 0 radical (unpaired) electrons. The van der Waals surface area contributed by atoms with Crippen LogP contribution in [0.3, 0.4) is 0 Å². The summed E-state index contributed by atoms with van der Waals surface area (Å²) in [6.07, 6.45) is 3.49. The van der Waals surface area contributed by atoms with Crippen LogP contribution in [0.1, 0.15) is 12.5 Å². The molecule has 2 aromatic heterocycles. The second-order valence-electron chi connectivity index (χ2n) is 6.05. The van der Waals surface area contributed by atoms with Crippen LogP contribution in [0, 0.1) is 6.92 Å². The van der Waals surface area contributed by atoms with Gasteiger partial charge in [-0.2, -0.15) is 0 Å². The Hall–Kier alpha value is -3.12. The van der Waals surface area contributed by atoms with Crippen molar-refractivity contribution in [3.63, 3.8) is 0 Å². The number of para-hydroxylation sites is 1. The van der Waals surface area contributed by atoms with Gasteiger partial charge in [-0.1, -0.05) is 23.7 Å². The maximum atomic E-state index is 11.3. The van der Waals surface area contributed by atoms with Gasteiger partial charge in [-0.25, -0.2) is 9.97 Å². The van der Waals surface area contributed by atoms with Gasteiger partial charge in [0.25, 0.3) is 0 Å². The Balaban J connectivity index is 1.89. The van der Waals surface area contributed by atoms with Crippen molar-refractivity contribution in [3.8, 4) is 0 Å². The Morgan fingerprint density at radius 2 is 2.04 bits per heavy atom. The monoisotopic (exact) mass is 365 g/mol. The third-order valence-corrected chi connectivity index (χ3v) is 4.45. The number of hydrogen-bond acceptors (Lipinski definition) is 4. The predicted octanol–water partition coefficient (Wildman–Crippen LogP) is 4.55. The normalized spacial score (nSPS) is 11.0. The highest BCUT2D eigenvalue weighted by atomic mass is 35.5. The average molecular weight is 366 g/mol. The Morgan fingerprint density at radius 3 is 2.81 bits per heavy atom. The van der Waals surface area contributed by atoms with Crippen LogP contribution in [0.2, 0.25) is 5.02 Å². The van der Waals surface area contributed by atoms with Crippen molar-refractivity contribution in [1.82, 2.24) is 14.4 Å². The number of aromatic nitrogens is 3. The summed E-state index contributed by atoms with van der Waals surface area (Å²) >= 11 is 6.35. The molecule has 0 aliphatic heterocycles. The Bertz CT molecular complexity index is 1130. The maximum Gasteiger partial charge on any atom is 0.221 e. The number of rotatable bonds is 3. The molecule has 26 heavy (non-hydrogen) atoms. The second-order valence-corrected chi connectivity index (χ2v) is 6.46. The van der Waals surface area contributed by atoms with E-state index in [9.17, 15) is 4.79 Å². The number of carbonyl (C=O) groups excluding carboxylic acids is 1. The lowest BCUT2D eigenvalue weighted by atomic mass is 10.2. The summed E-state index contributed by atoms with van der Waals surface area (Å²) in [5.74, 6) is 0.518. The molecule has 0 aliphatic carbocycles. The van der Waals surface area contributed by atoms with Crippen molar-refractivity contribution in [1.29, 1.82) is 0 Å². The first-order valence-electron chi connectivity index (χ1n) is 8.08. The third kappa shape index (κ3) is 2.84. The van der Waals surface area contributed by atoms with Gasteiger partial charge in [0, 0.05) is 12.6 Å². The first kappa shape index (κ1) is 16.4. The summed E-state index contributed by atoms with van der Waals surface area (Å²) in [6.45, 7) is 3.46. The smallest absolute Gasteiger partial charge is 0.221 e. The van der Waals surface area contributed by atoms with Crippen molar-refractivity contribution < 1.29 is 4.79 Å². The molecular formula is C19H16ClN5O. The summed E-state index contributed by atoms with van der Waals surface area (Å²) in [7, 11) is 0. The van der Waals surface area contributed by atoms with Crippen molar-refractivity contribution in [3.05, 3.63) is 59.5 Å². The molecule has 6 nitrogen and oxygen atoms in total. The van der Waals surface area contributed by atoms with E-state index in [0.717, 1.165) is 27.8 Å². The van der Waals surface area contributed by atoms with E-state index in [1.54, 1.807) is 12.5 Å². The van der Waals surface area contributed by atoms with Gasteiger partial charge in [0.05, 0.1) is 34.3 Å². The van der Waals surface area contributed by atoms with Gasteiger partial charge in [0.1, 0.15) is 5.52 Å². The number of imidazole rings is 1. The number of nitrogens with zero attached hydrogens (tertiary/aromatic N) is 3. The number of hydrogen-bond donors (Lipinski definition) is 2. The van der Waals surface area contributed by atoms with E-state index in [1.165, 1.54) is 6.92 Å². The van der Waals surface area contributed by atoms with Crippen LogP contribution in [0.5, 0.6) is 0 Å². The summed E-state index contributed by atoms with van der Waals surface area (Å²) in [5.41, 5.74) is 4.98. The number of benzene rings is 2. The molecule has 1 amide bonds. The largest absolute Gasteiger partial charge is 0.337 e. The molecule has 0 aliphatic rings. The van der Waals surface area contributed by atoms with Crippen molar-refractivity contribution in [2.75, 3.05) is 10.6 Å². The number of carbonyl (C=O) groups is 1. The van der Waals surface area contributed by atoms with Crippen LogP contribution < -0.4 is 10.6 Å². The number of amides is 1. The summed E-state index contributed by atoms with van der Waals surface area (Å²) in [6, 6.07) is 11.3. The van der Waals surface area contributed by atoms with Gasteiger partial charge in [-0.05, 0) is 36.8 Å². The predicted molar refractivity (Wildman–Crippen MR) is 104 cm³/mol. The lowest BCUT2D eigenvalue weighted by molar-refractivity contribution is -0.114. The Kier molecular flexibility index (Phi) is 3.97. The van der Waals surface area contributed by atoms with Gasteiger partial charge in [-0.3, -0.25) is 9.20 Å². The molecule has 0 unspecified atom stereocenters. The topological polar surface area (TPSA) is 71.3 Å². The molecule has 2 aromatic carbocycles. The van der Waals surface area contributed by atoms with E-state index in [1.807, 2.05) is 47.7 Å². The SMILES string of the molecule is CC(=O)Nc1ccc2c(c1)nc(Nc1c(C)cccc1Cl)c1cncn12. The van der Waals surface area contributed by atoms with Gasteiger partial charge in [-0.15, -0.1) is 0 Å². The van der Waals surface area contributed by atoms with Crippen LogP contribution in [0.4, 0.5) is 17.2 Å². The number of aryl methyl sites for hydroxylation is 1. The molecule has 0 fully saturated rings. The molecule has 2 heterocycles. The maximum absolute atomic E-state index is 11.3. The van der Waals surface area contributed by atoms with Gasteiger partial charge in [0.15, 0.2) is 5.82 Å². The highest BCUT2D eigenvalue weighted by Gasteiger charge is 2.12. The molecule has 2 N–H and O–H groups in total. The lowest BCUT2D eigenvalue weighted by Gasteiger charge is -2.14. The number of fused-ring (bicyclic) bond motifs is 3. The minimum atomic E-state index is -0.127. The van der Waals surface area contributed by atoms with Gasteiger partial charge >= 0.3 is 0 Å². The van der Waals surface area contributed by atoms with Crippen molar-refractivity contribution in [2.45, 2.75) is 13.8 Å². The first-order chi connectivity index (χ1) is 12.5. The van der Waals surface area contributed by atoms with Crippen molar-refractivity contribution in [2.24, 2.45) is 0 Å². The molecule has 0 saturated heterocycles. The highest BCUT2D eigenvalue weighted by Crippen LogP contribution is 2.31. The van der Waals surface area contributed by atoms with Crippen LogP contribution >= 0.6 is 11.6 Å². The average Bonchev–Trinajstić information content (AvgIpc) is 3.07. The third-order valence-electron chi connectivity index (χ3n) is 4.13. The molecule has 0 atom stereocenters.